The highest BCUT2D eigenvalue weighted by atomic mass is 32.1. The van der Waals surface area contributed by atoms with Crippen molar-refractivity contribution in [3.63, 3.8) is 0 Å². The van der Waals surface area contributed by atoms with Gasteiger partial charge in [0, 0.05) is 29.9 Å². The molecule has 0 spiro atoms. The van der Waals surface area contributed by atoms with E-state index >= 15 is 0 Å². The largest absolute Gasteiger partial charge is 0.494 e. The predicted molar refractivity (Wildman–Crippen MR) is 136 cm³/mol. The maximum atomic E-state index is 12.7. The summed E-state index contributed by atoms with van der Waals surface area (Å²) in [7, 11) is 0. The topological polar surface area (TPSA) is 70.7 Å². The Morgan fingerprint density at radius 1 is 0.909 bits per heavy atom. The number of benzene rings is 2. The first kappa shape index (κ1) is 24.7. The van der Waals surface area contributed by atoms with Gasteiger partial charge in [-0.25, -0.2) is 0 Å². The van der Waals surface area contributed by atoms with Gasteiger partial charge in [-0.2, -0.15) is 0 Å². The summed E-state index contributed by atoms with van der Waals surface area (Å²) in [6.45, 7) is 4.47. The number of nitrogens with zero attached hydrogens (tertiary/aromatic N) is 1. The number of carbonyl (C=O) groups excluding carboxylic acids is 2. The summed E-state index contributed by atoms with van der Waals surface area (Å²) in [5, 5.41) is 5.89. The van der Waals surface area contributed by atoms with Gasteiger partial charge in [-0.1, -0.05) is 32.6 Å². The lowest BCUT2D eigenvalue weighted by molar-refractivity contribution is 0.0761. The number of nitrogens with one attached hydrogen (secondary N) is 2. The second-order valence-corrected chi connectivity index (χ2v) is 8.68. The van der Waals surface area contributed by atoms with Gasteiger partial charge in [0.05, 0.1) is 6.61 Å². The summed E-state index contributed by atoms with van der Waals surface area (Å²) in [6.07, 6.45) is 7.81. The van der Waals surface area contributed by atoms with Crippen molar-refractivity contribution in [2.45, 2.75) is 51.9 Å². The van der Waals surface area contributed by atoms with E-state index in [0.717, 1.165) is 50.9 Å². The molecule has 33 heavy (non-hydrogen) atoms. The molecule has 0 aromatic heterocycles. The highest BCUT2D eigenvalue weighted by Gasteiger charge is 2.17. The van der Waals surface area contributed by atoms with Gasteiger partial charge in [-0.15, -0.1) is 0 Å². The van der Waals surface area contributed by atoms with E-state index in [1.54, 1.807) is 48.5 Å². The number of thiocarbonyl (C=S) groups is 1. The Labute approximate surface area is 201 Å². The number of anilines is 1. The second kappa shape index (κ2) is 12.9. The normalized spacial score (nSPS) is 13.7. The first-order valence-electron chi connectivity index (χ1n) is 11.8. The van der Waals surface area contributed by atoms with Crippen molar-refractivity contribution in [2.24, 2.45) is 0 Å². The molecule has 1 saturated heterocycles. The van der Waals surface area contributed by atoms with Crippen LogP contribution in [0.4, 0.5) is 5.69 Å². The van der Waals surface area contributed by atoms with Crippen LogP contribution in [-0.4, -0.2) is 41.5 Å². The van der Waals surface area contributed by atoms with Gasteiger partial charge in [0.1, 0.15) is 5.75 Å². The predicted octanol–water partition coefficient (Wildman–Crippen LogP) is 5.40. The molecule has 6 nitrogen and oxygen atoms in total. The summed E-state index contributed by atoms with van der Waals surface area (Å²) < 4.78 is 5.68. The molecular formula is C26H33N3O3S. The molecule has 3 rings (SSSR count). The van der Waals surface area contributed by atoms with Crippen molar-refractivity contribution in [2.75, 3.05) is 25.0 Å². The lowest BCUT2D eigenvalue weighted by Crippen LogP contribution is -2.34. The molecule has 176 valence electrons. The Kier molecular flexibility index (Phi) is 9.69. The third-order valence-electron chi connectivity index (χ3n) is 5.64. The summed E-state index contributed by atoms with van der Waals surface area (Å²) in [6, 6.07) is 14.2. The molecule has 0 atom stereocenters. The SMILES string of the molecule is CCCCCOc1ccc(C(=O)NC(=S)Nc2ccc(C(=O)N3CCCCCC3)cc2)cc1. The maximum absolute atomic E-state index is 12.7. The van der Waals surface area contributed by atoms with Crippen LogP contribution in [0.3, 0.4) is 0 Å². The summed E-state index contributed by atoms with van der Waals surface area (Å²) in [5.41, 5.74) is 1.87. The van der Waals surface area contributed by atoms with Gasteiger partial charge >= 0.3 is 0 Å². The highest BCUT2D eigenvalue weighted by Crippen LogP contribution is 2.16. The van der Waals surface area contributed by atoms with Crippen LogP contribution in [0.1, 0.15) is 72.6 Å². The Hall–Kier alpha value is -2.93. The molecule has 1 aliphatic rings. The Morgan fingerprint density at radius 3 is 2.18 bits per heavy atom. The van der Waals surface area contributed by atoms with E-state index in [-0.39, 0.29) is 16.9 Å². The van der Waals surface area contributed by atoms with Crippen molar-refractivity contribution < 1.29 is 14.3 Å². The first-order chi connectivity index (χ1) is 16.1. The van der Waals surface area contributed by atoms with E-state index in [9.17, 15) is 9.59 Å². The monoisotopic (exact) mass is 467 g/mol. The fraction of sp³-hybridized carbons (Fsp3) is 0.423. The van der Waals surface area contributed by atoms with Crippen LogP contribution >= 0.6 is 12.2 Å². The number of ether oxygens (including phenoxy) is 1. The van der Waals surface area contributed by atoms with E-state index in [1.807, 2.05) is 4.90 Å². The lowest BCUT2D eigenvalue weighted by atomic mass is 10.1. The smallest absolute Gasteiger partial charge is 0.257 e. The van der Waals surface area contributed by atoms with E-state index in [2.05, 4.69) is 17.6 Å². The molecule has 0 saturated carbocycles. The molecule has 1 heterocycles. The molecule has 1 fully saturated rings. The van der Waals surface area contributed by atoms with Crippen LogP contribution < -0.4 is 15.4 Å². The van der Waals surface area contributed by atoms with Crippen molar-refractivity contribution in [1.82, 2.24) is 10.2 Å². The first-order valence-corrected chi connectivity index (χ1v) is 12.2. The molecular weight excluding hydrogens is 434 g/mol. The molecule has 2 amide bonds. The third-order valence-corrected chi connectivity index (χ3v) is 5.85. The quantitative estimate of drug-likeness (QED) is 0.402. The van der Waals surface area contributed by atoms with E-state index < -0.39 is 0 Å². The molecule has 0 radical (unpaired) electrons. The zero-order valence-electron chi connectivity index (χ0n) is 19.3. The molecule has 0 aliphatic carbocycles. The van der Waals surface area contributed by atoms with Gasteiger partial charge in [0.25, 0.3) is 11.8 Å². The number of unbranched alkanes of at least 4 members (excludes halogenated alkanes) is 2. The average Bonchev–Trinajstić information content (AvgIpc) is 3.12. The molecule has 0 unspecified atom stereocenters. The molecule has 1 aliphatic heterocycles. The number of likely N-dealkylation sites (tertiary alicyclic amines) is 1. The zero-order chi connectivity index (χ0) is 23.5. The second-order valence-electron chi connectivity index (χ2n) is 8.27. The van der Waals surface area contributed by atoms with Crippen LogP contribution in [0, 0.1) is 0 Å². The average molecular weight is 468 g/mol. The zero-order valence-corrected chi connectivity index (χ0v) is 20.1. The number of carbonyl (C=O) groups is 2. The Balaban J connectivity index is 1.47. The minimum Gasteiger partial charge on any atom is -0.494 e. The number of rotatable bonds is 8. The fourth-order valence-corrected chi connectivity index (χ4v) is 3.95. The minimum atomic E-state index is -0.294. The standard InChI is InChI=1S/C26H33N3O3S/c1-2-3-8-19-32-23-15-11-20(12-16-23)24(30)28-26(33)27-22-13-9-21(10-14-22)25(31)29-17-6-4-5-7-18-29/h9-16H,2-8,17-19H2,1H3,(H2,27,28,30,33). The van der Waals surface area contributed by atoms with Gasteiger partial charge < -0.3 is 15.0 Å². The Bertz CT molecular complexity index is 921. The maximum Gasteiger partial charge on any atom is 0.257 e. The highest BCUT2D eigenvalue weighted by molar-refractivity contribution is 7.80. The van der Waals surface area contributed by atoms with Crippen molar-refractivity contribution >= 4 is 34.8 Å². The molecule has 2 aromatic carbocycles. The van der Waals surface area contributed by atoms with Gasteiger partial charge in [0.2, 0.25) is 0 Å². The number of hydrogen-bond donors (Lipinski definition) is 2. The van der Waals surface area contributed by atoms with Crippen molar-refractivity contribution in [3.8, 4) is 5.75 Å². The fourth-order valence-electron chi connectivity index (χ4n) is 3.73. The van der Waals surface area contributed by atoms with Crippen molar-refractivity contribution in [1.29, 1.82) is 0 Å². The van der Waals surface area contributed by atoms with Gasteiger partial charge in [-0.3, -0.25) is 14.9 Å². The summed E-state index contributed by atoms with van der Waals surface area (Å²) in [5.74, 6) is 0.522. The van der Waals surface area contributed by atoms with Crippen LogP contribution in [-0.2, 0) is 0 Å². The van der Waals surface area contributed by atoms with Crippen LogP contribution in [0.2, 0.25) is 0 Å². The Morgan fingerprint density at radius 2 is 1.55 bits per heavy atom. The third kappa shape index (κ3) is 7.86. The van der Waals surface area contributed by atoms with Crippen LogP contribution in [0.25, 0.3) is 0 Å². The molecule has 2 N–H and O–H groups in total. The van der Waals surface area contributed by atoms with Gasteiger partial charge in [-0.05, 0) is 80.0 Å². The van der Waals surface area contributed by atoms with Crippen LogP contribution in [0.5, 0.6) is 5.75 Å². The van der Waals surface area contributed by atoms with E-state index in [0.29, 0.717) is 23.4 Å². The van der Waals surface area contributed by atoms with E-state index in [1.165, 1.54) is 12.8 Å². The van der Waals surface area contributed by atoms with Crippen LogP contribution in [0.15, 0.2) is 48.5 Å². The minimum absolute atomic E-state index is 0.0668. The van der Waals surface area contributed by atoms with E-state index in [4.69, 9.17) is 17.0 Å². The molecule has 2 aromatic rings. The summed E-state index contributed by atoms with van der Waals surface area (Å²) >= 11 is 5.28. The van der Waals surface area contributed by atoms with Crippen molar-refractivity contribution in [3.05, 3.63) is 59.7 Å². The lowest BCUT2D eigenvalue weighted by Gasteiger charge is -2.20. The molecule has 7 heteroatoms. The van der Waals surface area contributed by atoms with Gasteiger partial charge in [0.15, 0.2) is 5.11 Å². The molecule has 0 bridgehead atoms. The number of hydrogen-bond acceptors (Lipinski definition) is 4. The summed E-state index contributed by atoms with van der Waals surface area (Å²) in [4.78, 5) is 27.1. The number of amides is 2.